The van der Waals surface area contributed by atoms with Gasteiger partial charge in [0, 0.05) is 36.6 Å². The number of aromatic amines is 1. The summed E-state index contributed by atoms with van der Waals surface area (Å²) in [6.07, 6.45) is -0.350. The van der Waals surface area contributed by atoms with Gasteiger partial charge in [-0.1, -0.05) is 0 Å². The molecule has 0 radical (unpaired) electrons. The van der Waals surface area contributed by atoms with Crippen LogP contribution in [0.1, 0.15) is 10.4 Å². The highest BCUT2D eigenvalue weighted by Gasteiger charge is 2.27. The van der Waals surface area contributed by atoms with Gasteiger partial charge >= 0.3 is 5.97 Å². The molecule has 1 aromatic heterocycles. The molecule has 0 bridgehead atoms. The minimum atomic E-state index is -0.946. The summed E-state index contributed by atoms with van der Waals surface area (Å²) < 4.78 is 19.3. The van der Waals surface area contributed by atoms with Crippen molar-refractivity contribution in [3.63, 3.8) is 0 Å². The lowest BCUT2D eigenvalue weighted by Crippen LogP contribution is -2.49. The Hall–Kier alpha value is -2.78. The number of carboxylic acid groups (broad SMARTS) is 1. The number of fused-ring (bicyclic) bond motifs is 1. The number of aliphatic carboxylic acids is 1. The van der Waals surface area contributed by atoms with E-state index in [1.807, 2.05) is 0 Å². The van der Waals surface area contributed by atoms with Crippen LogP contribution in [0.25, 0.3) is 10.9 Å². The van der Waals surface area contributed by atoms with Gasteiger partial charge in [0.25, 0.3) is 5.91 Å². The van der Waals surface area contributed by atoms with Gasteiger partial charge < -0.3 is 19.7 Å². The van der Waals surface area contributed by atoms with E-state index < -0.39 is 17.3 Å². The quantitative estimate of drug-likeness (QED) is 0.788. The number of amides is 1. The number of H-pyrrole nitrogens is 1. The van der Waals surface area contributed by atoms with Crippen molar-refractivity contribution in [2.24, 2.45) is 0 Å². The predicted molar refractivity (Wildman–Crippen MR) is 95.3 cm³/mol. The lowest BCUT2D eigenvalue weighted by atomic mass is 10.1. The number of benzene rings is 1. The molecular weight excluding hydrogens is 357 g/mol. The van der Waals surface area contributed by atoms with Gasteiger partial charge in [-0.3, -0.25) is 19.3 Å². The smallest absolute Gasteiger partial charge is 0.317 e. The third-order valence-electron chi connectivity index (χ3n) is 4.38. The van der Waals surface area contributed by atoms with Crippen LogP contribution in [0, 0.1) is 5.82 Å². The molecule has 1 unspecified atom stereocenters. The highest BCUT2D eigenvalue weighted by molar-refractivity contribution is 6.06. The first kappa shape index (κ1) is 19.0. The fourth-order valence-corrected chi connectivity index (χ4v) is 3.23. The molecule has 1 aromatic carbocycles. The van der Waals surface area contributed by atoms with E-state index in [9.17, 15) is 18.8 Å². The number of nitrogens with zero attached hydrogens (tertiary/aromatic N) is 2. The molecule has 1 amide bonds. The predicted octanol–water partition coefficient (Wildman–Crippen LogP) is 0.525. The second-order valence-electron chi connectivity index (χ2n) is 6.57. The minimum Gasteiger partial charge on any atom is -0.480 e. The van der Waals surface area contributed by atoms with Crippen molar-refractivity contribution in [2.75, 3.05) is 39.8 Å². The lowest BCUT2D eigenvalue weighted by molar-refractivity contribution is -0.138. The topological polar surface area (TPSA) is 103 Å². The first-order chi connectivity index (χ1) is 12.8. The minimum absolute atomic E-state index is 0.132. The molecule has 2 aromatic rings. The number of hydrogen-bond donors (Lipinski definition) is 2. The van der Waals surface area contributed by atoms with Gasteiger partial charge in [0.1, 0.15) is 5.82 Å². The largest absolute Gasteiger partial charge is 0.480 e. The van der Waals surface area contributed by atoms with Crippen LogP contribution in [0.5, 0.6) is 0 Å². The van der Waals surface area contributed by atoms with Gasteiger partial charge in [0.15, 0.2) is 0 Å². The Labute approximate surface area is 154 Å². The molecule has 0 saturated carbocycles. The summed E-state index contributed by atoms with van der Waals surface area (Å²) >= 11 is 0. The average Bonchev–Trinajstić information content (AvgIpc) is 2.60. The lowest BCUT2D eigenvalue weighted by Gasteiger charge is -2.34. The Bertz CT molecular complexity index is 929. The number of carboxylic acids is 1. The van der Waals surface area contributed by atoms with E-state index in [0.29, 0.717) is 30.6 Å². The van der Waals surface area contributed by atoms with Crippen LogP contribution < -0.4 is 5.56 Å². The molecule has 0 aliphatic carbocycles. The number of aromatic nitrogens is 1. The summed E-state index contributed by atoms with van der Waals surface area (Å²) in [5, 5.41) is 9.18. The van der Waals surface area contributed by atoms with E-state index in [4.69, 9.17) is 9.84 Å². The van der Waals surface area contributed by atoms with E-state index in [1.165, 1.54) is 24.3 Å². The highest BCUT2D eigenvalue weighted by atomic mass is 19.1. The Morgan fingerprint density at radius 1 is 1.41 bits per heavy atom. The Morgan fingerprint density at radius 2 is 2.19 bits per heavy atom. The highest BCUT2D eigenvalue weighted by Crippen LogP contribution is 2.19. The van der Waals surface area contributed by atoms with Crippen LogP contribution in [-0.2, 0) is 9.53 Å². The number of rotatable bonds is 5. The van der Waals surface area contributed by atoms with Crippen molar-refractivity contribution in [3.8, 4) is 0 Å². The second-order valence-corrected chi connectivity index (χ2v) is 6.57. The zero-order valence-corrected chi connectivity index (χ0v) is 14.8. The number of ether oxygens (including phenoxy) is 1. The molecule has 1 saturated heterocycles. The zero-order chi connectivity index (χ0) is 19.6. The molecule has 1 fully saturated rings. The first-order valence-electron chi connectivity index (χ1n) is 8.47. The van der Waals surface area contributed by atoms with Gasteiger partial charge in [-0.05, 0) is 25.2 Å². The summed E-state index contributed by atoms with van der Waals surface area (Å²) in [6.45, 7) is 1.10. The Balaban J connectivity index is 1.81. The van der Waals surface area contributed by atoms with Crippen LogP contribution in [0.15, 0.2) is 29.1 Å². The van der Waals surface area contributed by atoms with Crippen molar-refractivity contribution < 1.29 is 23.8 Å². The number of pyridine rings is 1. The van der Waals surface area contributed by atoms with Gasteiger partial charge in [-0.25, -0.2) is 4.39 Å². The molecular formula is C18H20FN3O5. The third kappa shape index (κ3) is 4.50. The first-order valence-corrected chi connectivity index (χ1v) is 8.47. The zero-order valence-electron chi connectivity index (χ0n) is 14.8. The van der Waals surface area contributed by atoms with Crippen molar-refractivity contribution in [2.45, 2.75) is 6.10 Å². The summed E-state index contributed by atoms with van der Waals surface area (Å²) in [5.74, 6) is -1.83. The van der Waals surface area contributed by atoms with Crippen LogP contribution >= 0.6 is 0 Å². The number of likely N-dealkylation sites (N-methyl/N-ethyl adjacent to an activating group) is 1. The number of halogens is 1. The van der Waals surface area contributed by atoms with Crippen molar-refractivity contribution in [1.82, 2.24) is 14.8 Å². The van der Waals surface area contributed by atoms with E-state index in [1.54, 1.807) is 16.8 Å². The van der Waals surface area contributed by atoms with E-state index in [0.717, 1.165) is 0 Å². The van der Waals surface area contributed by atoms with Crippen LogP contribution in [0.4, 0.5) is 4.39 Å². The number of carbonyl (C=O) groups excluding carboxylic acids is 1. The number of hydrogen-bond acceptors (Lipinski definition) is 5. The molecule has 1 aliphatic heterocycles. The molecule has 2 N–H and O–H groups in total. The van der Waals surface area contributed by atoms with E-state index in [2.05, 4.69) is 4.98 Å². The second kappa shape index (κ2) is 7.85. The fraction of sp³-hybridized carbons (Fsp3) is 0.389. The van der Waals surface area contributed by atoms with E-state index in [-0.39, 0.29) is 30.7 Å². The maximum atomic E-state index is 13.6. The molecule has 9 heteroatoms. The number of nitrogens with one attached hydrogen (secondary N) is 1. The molecule has 0 spiro atoms. The van der Waals surface area contributed by atoms with E-state index >= 15 is 0 Å². The number of morpholine rings is 1. The maximum Gasteiger partial charge on any atom is 0.317 e. The molecule has 1 aliphatic rings. The van der Waals surface area contributed by atoms with Crippen molar-refractivity contribution >= 4 is 22.8 Å². The average molecular weight is 377 g/mol. The van der Waals surface area contributed by atoms with Crippen molar-refractivity contribution in [3.05, 3.63) is 46.0 Å². The summed E-state index contributed by atoms with van der Waals surface area (Å²) in [4.78, 5) is 41.4. The summed E-state index contributed by atoms with van der Waals surface area (Å²) in [6, 6.07) is 5.03. The third-order valence-corrected chi connectivity index (χ3v) is 4.38. The molecule has 8 nitrogen and oxygen atoms in total. The monoisotopic (exact) mass is 377 g/mol. The normalized spacial score (nSPS) is 17.4. The fourth-order valence-electron chi connectivity index (χ4n) is 3.23. The van der Waals surface area contributed by atoms with Gasteiger partial charge in [0.2, 0.25) is 5.56 Å². The summed E-state index contributed by atoms with van der Waals surface area (Å²) in [7, 11) is 1.66. The van der Waals surface area contributed by atoms with Crippen LogP contribution in [0.3, 0.4) is 0 Å². The maximum absolute atomic E-state index is 13.6. The molecule has 1 atom stereocenters. The van der Waals surface area contributed by atoms with Gasteiger partial charge in [-0.2, -0.15) is 0 Å². The standard InChI is InChI=1S/C18H20FN3O5/c1-21(10-17(24)25)8-12-9-22(4-5-27-12)18(26)14-7-16(23)20-15-3-2-11(19)6-13(14)15/h2-3,6-7,12H,4-5,8-10H2,1H3,(H,20,23)(H,24,25). The molecule has 3 rings (SSSR count). The molecule has 27 heavy (non-hydrogen) atoms. The molecule has 2 heterocycles. The van der Waals surface area contributed by atoms with Gasteiger partial charge in [0.05, 0.1) is 24.8 Å². The Kier molecular flexibility index (Phi) is 5.52. The number of carbonyl (C=O) groups is 2. The van der Waals surface area contributed by atoms with Crippen LogP contribution in [-0.4, -0.2) is 77.7 Å². The van der Waals surface area contributed by atoms with Gasteiger partial charge in [-0.15, -0.1) is 0 Å². The van der Waals surface area contributed by atoms with Crippen LogP contribution in [0.2, 0.25) is 0 Å². The van der Waals surface area contributed by atoms with Crippen molar-refractivity contribution in [1.29, 1.82) is 0 Å². The Morgan fingerprint density at radius 3 is 2.93 bits per heavy atom. The molecule has 144 valence electrons. The summed E-state index contributed by atoms with van der Waals surface area (Å²) in [5.41, 5.74) is 0.0782. The SMILES string of the molecule is CN(CC(=O)O)CC1CN(C(=O)c2cc(=O)[nH]c3ccc(F)cc23)CCO1.